The van der Waals surface area contributed by atoms with Crippen LogP contribution in [0.25, 0.3) is 11.2 Å². The molecule has 1 N–H and O–H groups in total. The molecule has 0 aromatic carbocycles. The van der Waals surface area contributed by atoms with Gasteiger partial charge in [-0.2, -0.15) is 0 Å². The third-order valence-electron chi connectivity index (χ3n) is 1.50. The number of nitrogens with zero attached hydrogens (tertiary/aromatic N) is 3. The number of aromatic amines is 1. The van der Waals surface area contributed by atoms with E-state index in [0.29, 0.717) is 17.0 Å². The summed E-state index contributed by atoms with van der Waals surface area (Å²) in [6, 6.07) is 0. The summed E-state index contributed by atoms with van der Waals surface area (Å²) >= 11 is 0. The lowest BCUT2D eigenvalue weighted by Gasteiger charge is -1.97. The van der Waals surface area contributed by atoms with Crippen LogP contribution in [0.5, 0.6) is 0 Å². The second kappa shape index (κ2) is 1.91. The summed E-state index contributed by atoms with van der Waals surface area (Å²) in [7, 11) is 0. The highest BCUT2D eigenvalue weighted by Gasteiger charge is 2.08. The molecule has 0 aliphatic heterocycles. The van der Waals surface area contributed by atoms with E-state index < -0.39 is 0 Å². The lowest BCUT2D eigenvalue weighted by Crippen LogP contribution is -2.28. The Bertz CT molecular complexity index is 394. The highest BCUT2D eigenvalue weighted by molar-refractivity contribution is 5.64. The fraction of sp³-hybridized carbons (Fsp3) is 0.167. The van der Waals surface area contributed by atoms with Crippen molar-refractivity contribution >= 4 is 11.2 Å². The third-order valence-corrected chi connectivity index (χ3v) is 1.50. The van der Waals surface area contributed by atoms with E-state index in [-0.39, 0.29) is 0 Å². The maximum atomic E-state index is 11.1. The Balaban J connectivity index is 2.92. The number of nitrogens with one attached hydrogen (secondary N) is 1. The summed E-state index contributed by atoms with van der Waals surface area (Å²) in [4.78, 5) is 10.4. The lowest BCUT2D eigenvalue weighted by atomic mass is 10.6. The molecule has 0 fully saturated rings. The molecule has 0 unspecified atom stereocenters. The van der Waals surface area contributed by atoms with Crippen LogP contribution in [0.3, 0.4) is 0 Å². The molecule has 0 spiro atoms. The minimum Gasteiger partial charge on any atom is -0.740 e. The van der Waals surface area contributed by atoms with Crippen molar-refractivity contribution in [1.82, 2.24) is 15.0 Å². The van der Waals surface area contributed by atoms with Gasteiger partial charge < -0.3 is 5.21 Å². The van der Waals surface area contributed by atoms with E-state index >= 15 is 0 Å². The van der Waals surface area contributed by atoms with Gasteiger partial charge >= 0.3 is 5.65 Å². The zero-order valence-electron chi connectivity index (χ0n) is 5.90. The molecule has 0 aliphatic rings. The topological polar surface area (TPSA) is 68.5 Å². The Labute approximate surface area is 62.3 Å². The number of H-pyrrole nitrogens is 1. The van der Waals surface area contributed by atoms with E-state index in [0.717, 1.165) is 4.73 Å². The van der Waals surface area contributed by atoms with Crippen molar-refractivity contribution in [3.05, 3.63) is 23.6 Å². The number of rotatable bonds is 0. The largest absolute Gasteiger partial charge is 0.740 e. The van der Waals surface area contributed by atoms with E-state index in [2.05, 4.69) is 15.0 Å². The highest BCUT2D eigenvalue weighted by atomic mass is 16.5. The van der Waals surface area contributed by atoms with Crippen molar-refractivity contribution in [2.45, 2.75) is 6.92 Å². The molecule has 56 valence electrons. The Morgan fingerprint density at radius 3 is 3.18 bits per heavy atom. The molecule has 5 nitrogen and oxygen atoms in total. The van der Waals surface area contributed by atoms with Crippen molar-refractivity contribution in [2.75, 3.05) is 0 Å². The molecule has 11 heavy (non-hydrogen) atoms. The van der Waals surface area contributed by atoms with E-state index in [4.69, 9.17) is 0 Å². The normalized spacial score (nSPS) is 10.6. The molecule has 0 radical (unpaired) electrons. The quantitative estimate of drug-likeness (QED) is 0.421. The molecule has 0 bridgehead atoms. The number of fused-ring (bicyclic) bond motifs is 1. The van der Waals surface area contributed by atoms with E-state index in [1.807, 2.05) is 0 Å². The maximum absolute atomic E-state index is 11.1. The minimum absolute atomic E-state index is 0.387. The molecule has 0 aliphatic carbocycles. The van der Waals surface area contributed by atoms with Gasteiger partial charge in [-0.1, -0.05) is 4.98 Å². The van der Waals surface area contributed by atoms with Crippen LogP contribution in [0.1, 0.15) is 5.82 Å². The number of hydrogen-bond acceptors (Lipinski definition) is 3. The molecule has 2 aromatic heterocycles. The summed E-state index contributed by atoms with van der Waals surface area (Å²) in [5.74, 6) is 0.528. The Hall–Kier alpha value is -1.65. The van der Waals surface area contributed by atoms with E-state index in [9.17, 15) is 5.21 Å². The van der Waals surface area contributed by atoms with Crippen molar-refractivity contribution in [1.29, 1.82) is 0 Å². The highest BCUT2D eigenvalue weighted by Crippen LogP contribution is 2.01. The van der Waals surface area contributed by atoms with Crippen LogP contribution in [0.4, 0.5) is 0 Å². The van der Waals surface area contributed by atoms with Crippen LogP contribution < -0.4 is 4.73 Å². The standard InChI is InChI=1S/C6H6N4O/c1-4-9-5-2-7-3-8-6(5)10(4)11/h2-3,9H,1H3. The van der Waals surface area contributed by atoms with Gasteiger partial charge in [0.25, 0.3) is 0 Å². The predicted molar refractivity (Wildman–Crippen MR) is 37.6 cm³/mol. The number of aromatic nitrogens is 4. The third kappa shape index (κ3) is 0.739. The maximum Gasteiger partial charge on any atom is 0.305 e. The van der Waals surface area contributed by atoms with Gasteiger partial charge in [0.1, 0.15) is 0 Å². The van der Waals surface area contributed by atoms with Crippen LogP contribution >= 0.6 is 0 Å². The molecule has 2 heterocycles. The summed E-state index contributed by atoms with van der Waals surface area (Å²) in [6.07, 6.45) is 2.92. The van der Waals surface area contributed by atoms with Gasteiger partial charge in [-0.15, -0.1) is 0 Å². The Kier molecular flexibility index (Phi) is 1.06. The average Bonchev–Trinajstić information content (AvgIpc) is 2.30. The van der Waals surface area contributed by atoms with Gasteiger partial charge in [-0.25, -0.2) is 9.71 Å². The first kappa shape index (κ1) is 6.09. The van der Waals surface area contributed by atoms with Crippen LogP contribution in [-0.2, 0) is 0 Å². The molecule has 0 saturated heterocycles. The number of aryl methyl sites for hydroxylation is 1. The SMILES string of the molecule is Cc1[nH]c2cncnc2[n+]1[O-]. The van der Waals surface area contributed by atoms with Crippen molar-refractivity contribution < 1.29 is 4.73 Å². The number of imidazole rings is 1. The monoisotopic (exact) mass is 150 g/mol. The molecular weight excluding hydrogens is 144 g/mol. The minimum atomic E-state index is 0.387. The van der Waals surface area contributed by atoms with E-state index in [1.54, 1.807) is 13.1 Å². The molecule has 0 saturated carbocycles. The van der Waals surface area contributed by atoms with Crippen molar-refractivity contribution in [3.8, 4) is 0 Å². The summed E-state index contributed by atoms with van der Waals surface area (Å²) in [5.41, 5.74) is 1.05. The van der Waals surface area contributed by atoms with Crippen LogP contribution in [0.2, 0.25) is 0 Å². The fourth-order valence-electron chi connectivity index (χ4n) is 0.978. The first-order valence-electron chi connectivity index (χ1n) is 3.17. The molecule has 0 atom stereocenters. The second-order valence-electron chi connectivity index (χ2n) is 2.26. The van der Waals surface area contributed by atoms with Gasteiger partial charge in [0.15, 0.2) is 17.7 Å². The lowest BCUT2D eigenvalue weighted by molar-refractivity contribution is -0.586. The molecule has 0 amide bonds. The summed E-state index contributed by atoms with van der Waals surface area (Å²) < 4.78 is 0.747. The van der Waals surface area contributed by atoms with Gasteiger partial charge in [0.05, 0.1) is 6.20 Å². The van der Waals surface area contributed by atoms with Gasteiger partial charge in [-0.3, -0.25) is 4.98 Å². The van der Waals surface area contributed by atoms with Gasteiger partial charge in [-0.05, 0) is 0 Å². The van der Waals surface area contributed by atoms with Crippen LogP contribution in [-0.4, -0.2) is 15.0 Å². The summed E-state index contributed by atoms with van der Waals surface area (Å²) in [5, 5.41) is 11.1. The van der Waals surface area contributed by atoms with Crippen LogP contribution in [0.15, 0.2) is 12.5 Å². The predicted octanol–water partition coefficient (Wildman–Crippen LogP) is -0.100. The molecule has 2 aromatic rings. The molecule has 5 heteroatoms. The average molecular weight is 150 g/mol. The number of hydrogen-bond donors (Lipinski definition) is 1. The van der Waals surface area contributed by atoms with Crippen molar-refractivity contribution in [2.24, 2.45) is 0 Å². The smallest absolute Gasteiger partial charge is 0.305 e. The molecular formula is C6H6N4O. The van der Waals surface area contributed by atoms with Crippen LogP contribution in [0, 0.1) is 12.1 Å². The Morgan fingerprint density at radius 2 is 2.45 bits per heavy atom. The zero-order chi connectivity index (χ0) is 7.84. The van der Waals surface area contributed by atoms with Gasteiger partial charge in [0, 0.05) is 6.92 Å². The zero-order valence-corrected chi connectivity index (χ0v) is 5.90. The van der Waals surface area contributed by atoms with Crippen molar-refractivity contribution in [3.63, 3.8) is 0 Å². The van der Waals surface area contributed by atoms with E-state index in [1.165, 1.54) is 6.33 Å². The first-order valence-corrected chi connectivity index (χ1v) is 3.17. The Morgan fingerprint density at radius 1 is 1.64 bits per heavy atom. The fourth-order valence-corrected chi connectivity index (χ4v) is 0.978. The summed E-state index contributed by atoms with van der Waals surface area (Å²) in [6.45, 7) is 1.69. The molecule has 2 rings (SSSR count). The van der Waals surface area contributed by atoms with Gasteiger partial charge in [0.2, 0.25) is 0 Å². The second-order valence-corrected chi connectivity index (χ2v) is 2.26. The first-order chi connectivity index (χ1) is 5.29.